The summed E-state index contributed by atoms with van der Waals surface area (Å²) in [5, 5.41) is 8.67. The number of halogens is 2. The van der Waals surface area contributed by atoms with Gasteiger partial charge in [-0.15, -0.1) is 0 Å². The van der Waals surface area contributed by atoms with E-state index in [0.29, 0.717) is 0 Å². The quantitative estimate of drug-likeness (QED) is 0.687. The molecule has 0 aliphatic heterocycles. The molecule has 0 aliphatic rings. The van der Waals surface area contributed by atoms with Gasteiger partial charge in [0.2, 0.25) is 0 Å². The Labute approximate surface area is 82.5 Å². The monoisotopic (exact) mass is 218 g/mol. The lowest BCUT2D eigenvalue weighted by atomic mass is 10.1. The topological polar surface area (TPSA) is 96.2 Å². The maximum Gasteiger partial charge on any atom is 0.336 e. The van der Waals surface area contributed by atoms with E-state index in [9.17, 15) is 18.4 Å². The highest BCUT2D eigenvalue weighted by Crippen LogP contribution is 2.17. The molecule has 0 spiro atoms. The number of H-pyrrole nitrogens is 1. The van der Waals surface area contributed by atoms with Gasteiger partial charge in [-0.3, -0.25) is 4.79 Å². The molecule has 0 fully saturated rings. The fourth-order valence-corrected chi connectivity index (χ4v) is 1.12. The maximum atomic E-state index is 12.2. The van der Waals surface area contributed by atoms with E-state index < -0.39 is 29.2 Å². The smallest absolute Gasteiger partial charge is 0.336 e. The van der Waals surface area contributed by atoms with Gasteiger partial charge in [-0.05, 0) is 6.07 Å². The van der Waals surface area contributed by atoms with Gasteiger partial charge in [0.25, 0.3) is 12.0 Å². The molecule has 4 N–H and O–H groups in total. The number of pyridine rings is 1. The van der Waals surface area contributed by atoms with Crippen LogP contribution in [0.4, 0.5) is 8.78 Å². The lowest BCUT2D eigenvalue weighted by Gasteiger charge is -2.05. The van der Waals surface area contributed by atoms with Crippen molar-refractivity contribution in [2.45, 2.75) is 13.0 Å². The van der Waals surface area contributed by atoms with Crippen molar-refractivity contribution in [3.63, 3.8) is 0 Å². The van der Waals surface area contributed by atoms with E-state index in [1.54, 1.807) is 0 Å². The van der Waals surface area contributed by atoms with Crippen LogP contribution in [0, 0.1) is 0 Å². The second kappa shape index (κ2) is 4.18. The molecule has 0 amide bonds. The highest BCUT2D eigenvalue weighted by molar-refractivity contribution is 5.89. The summed E-state index contributed by atoms with van der Waals surface area (Å²) >= 11 is 0. The Morgan fingerprint density at radius 3 is 2.60 bits per heavy atom. The van der Waals surface area contributed by atoms with Crippen LogP contribution in [0.25, 0.3) is 0 Å². The van der Waals surface area contributed by atoms with Crippen LogP contribution in [-0.2, 0) is 6.54 Å². The summed E-state index contributed by atoms with van der Waals surface area (Å²) in [6.07, 6.45) is -2.93. The van der Waals surface area contributed by atoms with Crippen LogP contribution in [0.1, 0.15) is 28.0 Å². The lowest BCUT2D eigenvalue weighted by Crippen LogP contribution is -2.22. The number of alkyl halides is 2. The van der Waals surface area contributed by atoms with E-state index in [-0.39, 0.29) is 12.1 Å². The Hall–Kier alpha value is -1.76. The van der Waals surface area contributed by atoms with Crippen LogP contribution in [0.2, 0.25) is 0 Å². The third-order valence-electron chi connectivity index (χ3n) is 1.83. The molecule has 0 aromatic carbocycles. The third-order valence-corrected chi connectivity index (χ3v) is 1.83. The molecule has 0 aliphatic carbocycles. The number of carbonyl (C=O) groups is 1. The predicted molar refractivity (Wildman–Crippen MR) is 46.9 cm³/mol. The van der Waals surface area contributed by atoms with Gasteiger partial charge in [-0.2, -0.15) is 0 Å². The zero-order chi connectivity index (χ0) is 11.6. The average Bonchev–Trinajstić information content (AvgIpc) is 2.16. The van der Waals surface area contributed by atoms with Crippen molar-refractivity contribution in [1.82, 2.24) is 4.98 Å². The Balaban J connectivity index is 3.46. The van der Waals surface area contributed by atoms with Gasteiger partial charge in [0.1, 0.15) is 0 Å². The number of nitrogens with one attached hydrogen (secondary N) is 1. The maximum absolute atomic E-state index is 12.2. The minimum absolute atomic E-state index is 0.216. The highest BCUT2D eigenvalue weighted by Gasteiger charge is 2.17. The van der Waals surface area contributed by atoms with E-state index in [1.807, 2.05) is 4.98 Å². The van der Waals surface area contributed by atoms with E-state index in [4.69, 9.17) is 10.8 Å². The largest absolute Gasteiger partial charge is 0.478 e. The molecule has 82 valence electrons. The van der Waals surface area contributed by atoms with Gasteiger partial charge in [0.15, 0.2) is 0 Å². The molecule has 1 aromatic heterocycles. The van der Waals surface area contributed by atoms with Crippen molar-refractivity contribution in [1.29, 1.82) is 0 Å². The summed E-state index contributed by atoms with van der Waals surface area (Å²) in [6, 6.07) is 0.719. The van der Waals surface area contributed by atoms with Gasteiger partial charge in [0, 0.05) is 12.1 Å². The minimum Gasteiger partial charge on any atom is -0.478 e. The Morgan fingerprint density at radius 1 is 1.60 bits per heavy atom. The second-order valence-corrected chi connectivity index (χ2v) is 2.76. The van der Waals surface area contributed by atoms with E-state index in [0.717, 1.165) is 6.07 Å². The van der Waals surface area contributed by atoms with Crippen molar-refractivity contribution >= 4 is 5.97 Å². The van der Waals surface area contributed by atoms with Crippen LogP contribution < -0.4 is 11.3 Å². The second-order valence-electron chi connectivity index (χ2n) is 2.76. The Bertz CT molecular complexity index is 442. The molecule has 5 nitrogen and oxygen atoms in total. The zero-order valence-electron chi connectivity index (χ0n) is 7.46. The molecule has 15 heavy (non-hydrogen) atoms. The van der Waals surface area contributed by atoms with Crippen molar-refractivity contribution in [3.05, 3.63) is 33.2 Å². The molecule has 0 unspecified atom stereocenters. The number of aromatic amines is 1. The number of nitrogens with two attached hydrogens (primary N) is 1. The predicted octanol–water partition coefficient (Wildman–Crippen LogP) is 0.469. The zero-order valence-corrected chi connectivity index (χ0v) is 7.46. The van der Waals surface area contributed by atoms with Gasteiger partial charge in [0.05, 0.1) is 11.3 Å². The molecule has 7 heteroatoms. The fourth-order valence-electron chi connectivity index (χ4n) is 1.12. The van der Waals surface area contributed by atoms with Crippen LogP contribution in [0.3, 0.4) is 0 Å². The van der Waals surface area contributed by atoms with E-state index >= 15 is 0 Å². The number of carboxylic acids is 1. The third kappa shape index (κ3) is 2.18. The molecule has 0 saturated heterocycles. The summed E-state index contributed by atoms with van der Waals surface area (Å²) in [7, 11) is 0. The molecule has 0 radical (unpaired) electrons. The molecule has 1 rings (SSSR count). The van der Waals surface area contributed by atoms with Crippen molar-refractivity contribution in [2.75, 3.05) is 0 Å². The first-order valence-electron chi connectivity index (χ1n) is 3.95. The van der Waals surface area contributed by atoms with Gasteiger partial charge < -0.3 is 15.8 Å². The van der Waals surface area contributed by atoms with Gasteiger partial charge in [-0.25, -0.2) is 13.6 Å². The summed E-state index contributed by atoms with van der Waals surface area (Å²) < 4.78 is 24.5. The first-order chi connectivity index (χ1) is 6.97. The summed E-state index contributed by atoms with van der Waals surface area (Å²) in [6.45, 7) is -0.319. The number of rotatable bonds is 3. The Kier molecular flexibility index (Phi) is 3.15. The van der Waals surface area contributed by atoms with Crippen molar-refractivity contribution in [3.8, 4) is 0 Å². The number of hydrogen-bond donors (Lipinski definition) is 3. The SMILES string of the molecule is NCc1c(C(=O)O)cc(C(F)F)[nH]c1=O. The van der Waals surface area contributed by atoms with Gasteiger partial charge >= 0.3 is 5.97 Å². The molecular weight excluding hydrogens is 210 g/mol. The molecule has 1 heterocycles. The standard InChI is InChI=1S/C8H8F2N2O3/c9-6(10)5-1-3(8(14)15)4(2-11)7(13)12-5/h1,6H,2,11H2,(H,12,13)(H,14,15). The van der Waals surface area contributed by atoms with Crippen LogP contribution in [0.5, 0.6) is 0 Å². The van der Waals surface area contributed by atoms with E-state index in [1.165, 1.54) is 0 Å². The Morgan fingerprint density at radius 2 is 2.20 bits per heavy atom. The number of aromatic nitrogens is 1. The number of carboxylic acid groups (broad SMARTS) is 1. The van der Waals surface area contributed by atoms with Crippen molar-refractivity contribution in [2.24, 2.45) is 5.73 Å². The summed E-state index contributed by atoms with van der Waals surface area (Å²) in [5.74, 6) is -1.46. The number of hydrogen-bond acceptors (Lipinski definition) is 3. The van der Waals surface area contributed by atoms with Crippen LogP contribution in [-0.4, -0.2) is 16.1 Å². The molecule has 0 saturated carbocycles. The first kappa shape index (κ1) is 11.3. The fraction of sp³-hybridized carbons (Fsp3) is 0.250. The molecule has 0 atom stereocenters. The van der Waals surface area contributed by atoms with Crippen molar-refractivity contribution < 1.29 is 18.7 Å². The van der Waals surface area contributed by atoms with Crippen LogP contribution >= 0.6 is 0 Å². The summed E-state index contributed by atoms with van der Waals surface area (Å²) in [5.41, 5.74) is 2.82. The number of aromatic carboxylic acids is 1. The lowest BCUT2D eigenvalue weighted by molar-refractivity contribution is 0.0694. The first-order valence-corrected chi connectivity index (χ1v) is 3.95. The molecule has 1 aromatic rings. The molecular formula is C8H8F2N2O3. The molecule has 0 bridgehead atoms. The average molecular weight is 218 g/mol. The van der Waals surface area contributed by atoms with Crippen LogP contribution in [0.15, 0.2) is 10.9 Å². The van der Waals surface area contributed by atoms with E-state index in [2.05, 4.69) is 0 Å². The highest BCUT2D eigenvalue weighted by atomic mass is 19.3. The minimum atomic E-state index is -2.93. The summed E-state index contributed by atoms with van der Waals surface area (Å²) in [4.78, 5) is 23.7. The van der Waals surface area contributed by atoms with Gasteiger partial charge in [-0.1, -0.05) is 0 Å². The normalized spacial score (nSPS) is 10.7.